The molecule has 0 spiro atoms. The molecule has 1 aromatic rings. The van der Waals surface area contributed by atoms with E-state index in [0.717, 1.165) is 13.0 Å². The summed E-state index contributed by atoms with van der Waals surface area (Å²) in [6, 6.07) is 0. The van der Waals surface area contributed by atoms with Crippen LogP contribution < -0.4 is 10.9 Å². The Balaban J connectivity index is 2.09. The Bertz CT molecular complexity index is 341. The highest BCUT2D eigenvalue weighted by atomic mass is 32.1. The zero-order valence-corrected chi connectivity index (χ0v) is 9.32. The second-order valence-corrected chi connectivity index (χ2v) is 5.00. The lowest BCUT2D eigenvalue weighted by atomic mass is 10.1. The van der Waals surface area contributed by atoms with Gasteiger partial charge in [0.05, 0.1) is 9.88 Å². The number of rotatable bonds is 3. The summed E-state index contributed by atoms with van der Waals surface area (Å²) in [6.07, 6.45) is 5.06. The number of aromatic nitrogens is 1. The van der Waals surface area contributed by atoms with Gasteiger partial charge in [0.2, 0.25) is 0 Å². The van der Waals surface area contributed by atoms with Crippen LogP contribution in [0.4, 0.5) is 0 Å². The molecule has 4 heteroatoms. The molecule has 0 bridgehead atoms. The molecule has 2 heterocycles. The molecule has 0 radical (unpaired) electrons. The van der Waals surface area contributed by atoms with Crippen molar-refractivity contribution >= 4 is 16.9 Å². The van der Waals surface area contributed by atoms with Crippen molar-refractivity contribution in [2.24, 2.45) is 5.92 Å². The Morgan fingerprint density at radius 3 is 3.07 bits per heavy atom. The minimum atomic E-state index is 0.683. The van der Waals surface area contributed by atoms with Gasteiger partial charge in [-0.25, -0.2) is 10.4 Å². The first-order chi connectivity index (χ1) is 6.75. The average molecular weight is 209 g/mol. The van der Waals surface area contributed by atoms with Crippen molar-refractivity contribution < 1.29 is 0 Å². The van der Waals surface area contributed by atoms with E-state index in [0.29, 0.717) is 5.92 Å². The van der Waals surface area contributed by atoms with E-state index >= 15 is 0 Å². The normalized spacial score (nSPS) is 15.8. The second-order valence-electron chi connectivity index (χ2n) is 3.88. The summed E-state index contributed by atoms with van der Waals surface area (Å²) in [5.41, 5.74) is 7.35. The van der Waals surface area contributed by atoms with Gasteiger partial charge in [0.25, 0.3) is 0 Å². The molecule has 0 unspecified atom stereocenters. The maximum absolute atomic E-state index is 4.42. The van der Waals surface area contributed by atoms with E-state index in [2.05, 4.69) is 29.7 Å². The maximum Gasteiger partial charge on any atom is 0.0933 e. The quantitative estimate of drug-likeness (QED) is 0.797. The Kier molecular flexibility index (Phi) is 2.84. The van der Waals surface area contributed by atoms with Crippen molar-refractivity contribution in [1.29, 1.82) is 0 Å². The van der Waals surface area contributed by atoms with E-state index in [4.69, 9.17) is 0 Å². The molecule has 0 aromatic carbocycles. The van der Waals surface area contributed by atoms with Gasteiger partial charge in [-0.15, -0.1) is 11.3 Å². The predicted molar refractivity (Wildman–Crippen MR) is 59.8 cm³/mol. The fraction of sp³-hybridized carbons (Fsp3) is 0.500. The summed E-state index contributed by atoms with van der Waals surface area (Å²) in [5.74, 6) is 0.683. The molecule has 0 fully saturated rings. The van der Waals surface area contributed by atoms with Gasteiger partial charge in [-0.2, -0.15) is 0 Å². The highest BCUT2D eigenvalue weighted by molar-refractivity contribution is 7.12. The van der Waals surface area contributed by atoms with Crippen molar-refractivity contribution in [3.63, 3.8) is 0 Å². The first kappa shape index (κ1) is 9.68. The van der Waals surface area contributed by atoms with Gasteiger partial charge in [0.15, 0.2) is 0 Å². The highest BCUT2D eigenvalue weighted by Gasteiger charge is 2.10. The smallest absolute Gasteiger partial charge is 0.0933 e. The third-order valence-corrected chi connectivity index (χ3v) is 3.18. The number of nitrogens with one attached hydrogen (secondary N) is 2. The molecule has 0 saturated carbocycles. The van der Waals surface area contributed by atoms with E-state index in [1.807, 2.05) is 12.4 Å². The lowest BCUT2D eigenvalue weighted by Crippen LogP contribution is -2.20. The highest BCUT2D eigenvalue weighted by Crippen LogP contribution is 2.23. The van der Waals surface area contributed by atoms with Gasteiger partial charge in [0.1, 0.15) is 0 Å². The summed E-state index contributed by atoms with van der Waals surface area (Å²) in [5, 5.41) is 1.24. The molecule has 14 heavy (non-hydrogen) atoms. The van der Waals surface area contributed by atoms with Gasteiger partial charge in [-0.05, 0) is 5.92 Å². The predicted octanol–water partition coefficient (Wildman–Crippen LogP) is 1.79. The first-order valence-corrected chi connectivity index (χ1v) is 5.70. The fourth-order valence-corrected chi connectivity index (χ4v) is 2.54. The SMILES string of the molecule is CC(C)Cc1ncc(C2=CNNC2)s1. The molecule has 0 amide bonds. The van der Waals surface area contributed by atoms with E-state index in [-0.39, 0.29) is 0 Å². The number of thiazole rings is 1. The largest absolute Gasteiger partial charge is 0.328 e. The van der Waals surface area contributed by atoms with Crippen LogP contribution >= 0.6 is 11.3 Å². The third kappa shape index (κ3) is 2.13. The zero-order valence-electron chi connectivity index (χ0n) is 8.50. The standard InChI is InChI=1S/C10H15N3S/c1-7(2)3-10-11-6-9(14-10)8-4-12-13-5-8/h4,6-7,12-13H,3,5H2,1-2H3. The zero-order chi connectivity index (χ0) is 9.97. The Morgan fingerprint density at radius 2 is 2.43 bits per heavy atom. The third-order valence-electron chi connectivity index (χ3n) is 2.08. The number of nitrogens with zero attached hydrogens (tertiary/aromatic N) is 1. The molecular formula is C10H15N3S. The molecule has 1 aliphatic heterocycles. The summed E-state index contributed by atoms with van der Waals surface area (Å²) < 4.78 is 0. The van der Waals surface area contributed by atoms with Crippen LogP contribution in [0, 0.1) is 5.92 Å². The van der Waals surface area contributed by atoms with Crippen molar-refractivity contribution in [3.05, 3.63) is 22.3 Å². The minimum Gasteiger partial charge on any atom is -0.328 e. The molecule has 1 aliphatic rings. The summed E-state index contributed by atoms with van der Waals surface area (Å²) in [4.78, 5) is 5.70. The molecule has 0 saturated heterocycles. The van der Waals surface area contributed by atoms with Gasteiger partial charge >= 0.3 is 0 Å². The molecular weight excluding hydrogens is 194 g/mol. The fourth-order valence-electron chi connectivity index (χ4n) is 1.40. The first-order valence-electron chi connectivity index (χ1n) is 4.88. The molecule has 1 aromatic heterocycles. The van der Waals surface area contributed by atoms with Crippen molar-refractivity contribution in [1.82, 2.24) is 15.8 Å². The van der Waals surface area contributed by atoms with Gasteiger partial charge in [-0.1, -0.05) is 13.8 Å². The van der Waals surface area contributed by atoms with Crippen LogP contribution in [0.3, 0.4) is 0 Å². The number of hydrogen-bond donors (Lipinski definition) is 2. The molecule has 2 rings (SSSR count). The Labute approximate surface area is 88.2 Å². The minimum absolute atomic E-state index is 0.683. The van der Waals surface area contributed by atoms with Crippen molar-refractivity contribution in [3.8, 4) is 0 Å². The summed E-state index contributed by atoms with van der Waals surface area (Å²) in [6.45, 7) is 5.33. The van der Waals surface area contributed by atoms with E-state index in [1.165, 1.54) is 15.5 Å². The van der Waals surface area contributed by atoms with Gasteiger partial charge in [-0.3, -0.25) is 0 Å². The lowest BCUT2D eigenvalue weighted by molar-refractivity contribution is 0.644. The summed E-state index contributed by atoms with van der Waals surface area (Å²) in [7, 11) is 0. The number of hydrazine groups is 1. The monoisotopic (exact) mass is 209 g/mol. The van der Waals surface area contributed by atoms with Crippen LogP contribution in [-0.2, 0) is 6.42 Å². The van der Waals surface area contributed by atoms with Crippen molar-refractivity contribution in [2.45, 2.75) is 20.3 Å². The van der Waals surface area contributed by atoms with Crippen LogP contribution in [0.25, 0.3) is 5.57 Å². The number of hydrogen-bond acceptors (Lipinski definition) is 4. The Hall–Kier alpha value is -0.870. The van der Waals surface area contributed by atoms with Crippen LogP contribution in [-0.4, -0.2) is 11.5 Å². The molecule has 0 atom stereocenters. The van der Waals surface area contributed by atoms with Crippen LogP contribution in [0.2, 0.25) is 0 Å². The van der Waals surface area contributed by atoms with Crippen LogP contribution in [0.15, 0.2) is 12.4 Å². The maximum atomic E-state index is 4.42. The molecule has 76 valence electrons. The average Bonchev–Trinajstić information content (AvgIpc) is 2.69. The molecule has 0 aliphatic carbocycles. The van der Waals surface area contributed by atoms with E-state index < -0.39 is 0 Å². The van der Waals surface area contributed by atoms with E-state index in [9.17, 15) is 0 Å². The molecule has 3 nitrogen and oxygen atoms in total. The van der Waals surface area contributed by atoms with Gasteiger partial charge in [0, 0.05) is 30.9 Å². The molecule has 2 N–H and O–H groups in total. The van der Waals surface area contributed by atoms with Crippen LogP contribution in [0.5, 0.6) is 0 Å². The summed E-state index contributed by atoms with van der Waals surface area (Å²) >= 11 is 1.80. The lowest BCUT2D eigenvalue weighted by Gasteiger charge is -1.98. The Morgan fingerprint density at radius 1 is 1.57 bits per heavy atom. The van der Waals surface area contributed by atoms with E-state index in [1.54, 1.807) is 11.3 Å². The topological polar surface area (TPSA) is 37.0 Å². The van der Waals surface area contributed by atoms with Gasteiger partial charge < -0.3 is 5.43 Å². The second kappa shape index (κ2) is 4.11. The van der Waals surface area contributed by atoms with Crippen molar-refractivity contribution in [2.75, 3.05) is 6.54 Å². The van der Waals surface area contributed by atoms with Crippen LogP contribution in [0.1, 0.15) is 23.7 Å².